The predicted molar refractivity (Wildman–Crippen MR) is 57.5 cm³/mol. The van der Waals surface area contributed by atoms with Gasteiger partial charge < -0.3 is 20.4 Å². The Hall–Kier alpha value is -1.79. The maximum Gasteiger partial charge on any atom is 0.317 e. The molecule has 96 valence electrons. The first-order valence-corrected chi connectivity index (χ1v) is 5.45. The standard InChI is InChI=1S/C10H16N2O5/c1-2-11-10(17)12-4-3-6(8(13)14)7(5-12)9(15)16/h6-7H,2-5H2,1H3,(H,11,17)(H,13,14)(H,15,16). The molecule has 0 saturated carbocycles. The molecule has 1 rings (SSSR count). The SMILES string of the molecule is CCNC(=O)N1CCC(C(=O)O)C(C(=O)O)C1. The van der Waals surface area contributed by atoms with Crippen molar-refractivity contribution in [3.8, 4) is 0 Å². The highest BCUT2D eigenvalue weighted by Gasteiger charge is 2.39. The second kappa shape index (κ2) is 5.51. The molecular formula is C10H16N2O5. The number of nitrogens with zero attached hydrogens (tertiary/aromatic N) is 1. The first kappa shape index (κ1) is 13.3. The van der Waals surface area contributed by atoms with Gasteiger partial charge in [0.1, 0.15) is 0 Å². The van der Waals surface area contributed by atoms with Crippen molar-refractivity contribution < 1.29 is 24.6 Å². The summed E-state index contributed by atoms with van der Waals surface area (Å²) >= 11 is 0. The molecule has 0 radical (unpaired) electrons. The van der Waals surface area contributed by atoms with Crippen LogP contribution in [0.1, 0.15) is 13.3 Å². The summed E-state index contributed by atoms with van der Waals surface area (Å²) in [7, 11) is 0. The lowest BCUT2D eigenvalue weighted by atomic mass is 9.86. The van der Waals surface area contributed by atoms with Gasteiger partial charge in [0.2, 0.25) is 0 Å². The molecule has 0 aliphatic carbocycles. The summed E-state index contributed by atoms with van der Waals surface area (Å²) in [6.45, 7) is 2.43. The van der Waals surface area contributed by atoms with Crippen molar-refractivity contribution in [1.82, 2.24) is 10.2 Å². The molecule has 0 aromatic heterocycles. The second-order valence-corrected chi connectivity index (χ2v) is 3.96. The lowest BCUT2D eigenvalue weighted by Gasteiger charge is -2.34. The van der Waals surface area contributed by atoms with Crippen LogP contribution in [0.15, 0.2) is 0 Å². The van der Waals surface area contributed by atoms with E-state index in [2.05, 4.69) is 5.32 Å². The summed E-state index contributed by atoms with van der Waals surface area (Å²) in [6, 6.07) is -0.345. The largest absolute Gasteiger partial charge is 0.481 e. The maximum atomic E-state index is 11.5. The monoisotopic (exact) mass is 244 g/mol. The van der Waals surface area contributed by atoms with Crippen LogP contribution in [0.4, 0.5) is 4.79 Å². The number of aliphatic carboxylic acids is 2. The summed E-state index contributed by atoms with van der Waals surface area (Å²) in [5, 5.41) is 20.4. The van der Waals surface area contributed by atoms with Crippen LogP contribution in [0.5, 0.6) is 0 Å². The Morgan fingerprint density at radius 2 is 1.82 bits per heavy atom. The Labute approximate surface area is 98.4 Å². The molecule has 2 unspecified atom stereocenters. The van der Waals surface area contributed by atoms with E-state index in [0.717, 1.165) is 0 Å². The van der Waals surface area contributed by atoms with Crippen LogP contribution in [0.3, 0.4) is 0 Å². The third-order valence-electron chi connectivity index (χ3n) is 2.86. The number of amides is 2. The molecule has 7 nitrogen and oxygen atoms in total. The van der Waals surface area contributed by atoms with Crippen LogP contribution in [0, 0.1) is 11.8 Å². The number of likely N-dealkylation sites (tertiary alicyclic amines) is 1. The van der Waals surface area contributed by atoms with Gasteiger partial charge in [-0.2, -0.15) is 0 Å². The maximum absolute atomic E-state index is 11.5. The molecule has 2 atom stereocenters. The Bertz CT molecular complexity index is 331. The van der Waals surface area contributed by atoms with Gasteiger partial charge in [0.05, 0.1) is 11.8 Å². The zero-order valence-corrected chi connectivity index (χ0v) is 9.55. The highest BCUT2D eigenvalue weighted by molar-refractivity contribution is 5.82. The average Bonchev–Trinajstić information content (AvgIpc) is 2.28. The van der Waals surface area contributed by atoms with Gasteiger partial charge in [0.25, 0.3) is 0 Å². The van der Waals surface area contributed by atoms with Crippen molar-refractivity contribution in [2.45, 2.75) is 13.3 Å². The number of carbonyl (C=O) groups excluding carboxylic acids is 1. The van der Waals surface area contributed by atoms with Crippen LogP contribution in [-0.4, -0.2) is 52.7 Å². The van der Waals surface area contributed by atoms with E-state index < -0.39 is 23.8 Å². The van der Waals surface area contributed by atoms with Gasteiger partial charge >= 0.3 is 18.0 Å². The fraction of sp³-hybridized carbons (Fsp3) is 0.700. The minimum absolute atomic E-state index is 0.0574. The Kier molecular flexibility index (Phi) is 4.30. The van der Waals surface area contributed by atoms with E-state index in [1.165, 1.54) is 4.90 Å². The second-order valence-electron chi connectivity index (χ2n) is 3.96. The molecule has 17 heavy (non-hydrogen) atoms. The summed E-state index contributed by atoms with van der Waals surface area (Å²) in [5.74, 6) is -4.25. The molecule has 0 aromatic rings. The zero-order chi connectivity index (χ0) is 13.0. The predicted octanol–water partition coefficient (Wildman–Crippen LogP) is -0.177. The van der Waals surface area contributed by atoms with Crippen LogP contribution < -0.4 is 5.32 Å². The van der Waals surface area contributed by atoms with Gasteiger partial charge in [-0.3, -0.25) is 9.59 Å². The Morgan fingerprint density at radius 1 is 1.24 bits per heavy atom. The van der Waals surface area contributed by atoms with E-state index in [4.69, 9.17) is 10.2 Å². The number of hydrogen-bond acceptors (Lipinski definition) is 3. The van der Waals surface area contributed by atoms with Gasteiger partial charge in [0.15, 0.2) is 0 Å². The molecule has 1 fully saturated rings. The van der Waals surface area contributed by atoms with Crippen molar-refractivity contribution in [3.63, 3.8) is 0 Å². The van der Waals surface area contributed by atoms with Crippen LogP contribution in [0.2, 0.25) is 0 Å². The summed E-state index contributed by atoms with van der Waals surface area (Å²) < 4.78 is 0. The van der Waals surface area contributed by atoms with Crippen molar-refractivity contribution >= 4 is 18.0 Å². The van der Waals surface area contributed by atoms with Gasteiger partial charge in [0, 0.05) is 19.6 Å². The van der Waals surface area contributed by atoms with E-state index in [0.29, 0.717) is 6.54 Å². The van der Waals surface area contributed by atoms with Crippen LogP contribution in [0.25, 0.3) is 0 Å². The normalized spacial score (nSPS) is 24.2. The molecule has 0 spiro atoms. The van der Waals surface area contributed by atoms with Crippen molar-refractivity contribution in [3.05, 3.63) is 0 Å². The summed E-state index contributed by atoms with van der Waals surface area (Å²) in [6.07, 6.45) is 0.170. The summed E-state index contributed by atoms with van der Waals surface area (Å²) in [4.78, 5) is 34.7. The molecule has 1 aliphatic rings. The molecular weight excluding hydrogens is 228 g/mol. The number of rotatable bonds is 3. The van der Waals surface area contributed by atoms with Crippen LogP contribution >= 0.6 is 0 Å². The lowest BCUT2D eigenvalue weighted by Crippen LogP contribution is -2.51. The molecule has 1 aliphatic heterocycles. The minimum atomic E-state index is -1.17. The number of piperidine rings is 1. The van der Waals surface area contributed by atoms with Gasteiger partial charge in [-0.15, -0.1) is 0 Å². The van der Waals surface area contributed by atoms with E-state index in [9.17, 15) is 14.4 Å². The third kappa shape index (κ3) is 3.08. The number of nitrogens with one attached hydrogen (secondary N) is 1. The third-order valence-corrected chi connectivity index (χ3v) is 2.86. The van der Waals surface area contributed by atoms with Gasteiger partial charge in [-0.05, 0) is 13.3 Å². The first-order valence-electron chi connectivity index (χ1n) is 5.45. The van der Waals surface area contributed by atoms with E-state index >= 15 is 0 Å². The van der Waals surface area contributed by atoms with E-state index in [-0.39, 0.29) is 25.5 Å². The molecule has 0 bridgehead atoms. The first-order chi connectivity index (χ1) is 7.97. The number of urea groups is 1. The molecule has 3 N–H and O–H groups in total. The average molecular weight is 244 g/mol. The lowest BCUT2D eigenvalue weighted by molar-refractivity contribution is -0.156. The highest BCUT2D eigenvalue weighted by Crippen LogP contribution is 2.24. The molecule has 0 aromatic carbocycles. The zero-order valence-electron chi connectivity index (χ0n) is 9.55. The molecule has 1 heterocycles. The van der Waals surface area contributed by atoms with E-state index in [1.807, 2.05) is 0 Å². The fourth-order valence-corrected chi connectivity index (χ4v) is 1.95. The smallest absolute Gasteiger partial charge is 0.317 e. The number of carboxylic acids is 2. The van der Waals surface area contributed by atoms with Crippen molar-refractivity contribution in [2.24, 2.45) is 11.8 Å². The highest BCUT2D eigenvalue weighted by atomic mass is 16.4. The Morgan fingerprint density at radius 3 is 2.29 bits per heavy atom. The fourth-order valence-electron chi connectivity index (χ4n) is 1.95. The van der Waals surface area contributed by atoms with Crippen molar-refractivity contribution in [1.29, 1.82) is 0 Å². The van der Waals surface area contributed by atoms with Crippen molar-refractivity contribution in [2.75, 3.05) is 19.6 Å². The van der Waals surface area contributed by atoms with Gasteiger partial charge in [-0.1, -0.05) is 0 Å². The Balaban J connectivity index is 2.72. The minimum Gasteiger partial charge on any atom is -0.481 e. The van der Waals surface area contributed by atoms with Gasteiger partial charge in [-0.25, -0.2) is 4.79 Å². The molecule has 7 heteroatoms. The van der Waals surface area contributed by atoms with E-state index in [1.54, 1.807) is 6.92 Å². The topological polar surface area (TPSA) is 107 Å². The number of hydrogen-bond donors (Lipinski definition) is 3. The summed E-state index contributed by atoms with van der Waals surface area (Å²) in [5.41, 5.74) is 0. The number of carbonyl (C=O) groups is 3. The number of carboxylic acid groups (broad SMARTS) is 2. The molecule has 1 saturated heterocycles. The quantitative estimate of drug-likeness (QED) is 0.638. The van der Waals surface area contributed by atoms with Crippen LogP contribution in [-0.2, 0) is 9.59 Å². The molecule has 2 amide bonds.